The summed E-state index contributed by atoms with van der Waals surface area (Å²) in [6, 6.07) is 16.9. The Morgan fingerprint density at radius 2 is 1.71 bits per heavy atom. The van der Waals surface area contributed by atoms with Crippen LogP contribution in [-0.4, -0.2) is 60.9 Å². The third-order valence-corrected chi connectivity index (χ3v) is 6.39. The Kier molecular flexibility index (Phi) is 6.87. The van der Waals surface area contributed by atoms with Gasteiger partial charge in [-0.15, -0.1) is 0 Å². The third kappa shape index (κ3) is 4.74. The second-order valence-electron chi connectivity index (χ2n) is 8.27. The second-order valence-corrected chi connectivity index (χ2v) is 8.27. The molecule has 0 spiro atoms. The minimum atomic E-state index is -0.412. The van der Waals surface area contributed by atoms with Gasteiger partial charge in [-0.1, -0.05) is 36.4 Å². The first-order chi connectivity index (χ1) is 15.2. The molecule has 2 aliphatic heterocycles. The molecule has 2 aromatic rings. The maximum absolute atomic E-state index is 13.1. The summed E-state index contributed by atoms with van der Waals surface area (Å²) in [5, 5.41) is 3.16. The molecule has 2 fully saturated rings. The molecule has 1 N–H and O–H groups in total. The zero-order valence-corrected chi connectivity index (χ0v) is 18.1. The highest BCUT2D eigenvalue weighted by molar-refractivity contribution is 5.97. The topological polar surface area (TPSA) is 61.9 Å². The number of ether oxygens (including phenoxy) is 1. The van der Waals surface area contributed by atoms with Gasteiger partial charge in [-0.25, -0.2) is 0 Å². The first-order valence-electron chi connectivity index (χ1n) is 11.2. The van der Waals surface area contributed by atoms with E-state index >= 15 is 0 Å². The Hall–Kier alpha value is -2.86. The number of likely N-dealkylation sites (tertiary alicyclic amines) is 2. The maximum Gasteiger partial charge on any atom is 0.254 e. The fourth-order valence-electron chi connectivity index (χ4n) is 4.77. The molecule has 4 rings (SSSR count). The second kappa shape index (κ2) is 9.96. The lowest BCUT2D eigenvalue weighted by Crippen LogP contribution is -2.48. The summed E-state index contributed by atoms with van der Waals surface area (Å²) in [5.74, 6) is 0.704. The van der Waals surface area contributed by atoms with E-state index in [9.17, 15) is 9.59 Å². The van der Waals surface area contributed by atoms with Gasteiger partial charge in [0.25, 0.3) is 5.91 Å². The summed E-state index contributed by atoms with van der Waals surface area (Å²) < 4.78 is 5.60. The normalized spacial score (nSPS) is 19.9. The standard InChI is InChI=1S/C25H31N3O3/c1-31-23-14-6-5-12-20(23)22(27-15-7-8-16-27)18-26-24(29)21-13-9-17-28(21)25(30)19-10-3-2-4-11-19/h2-6,10-12,14,21-22H,7-9,13,15-18H2,1H3,(H,26,29). The van der Waals surface area contributed by atoms with Gasteiger partial charge in [0, 0.05) is 24.2 Å². The molecule has 164 valence electrons. The predicted molar refractivity (Wildman–Crippen MR) is 120 cm³/mol. The van der Waals surface area contributed by atoms with E-state index in [0.717, 1.165) is 30.8 Å². The van der Waals surface area contributed by atoms with E-state index in [4.69, 9.17) is 4.74 Å². The Morgan fingerprint density at radius 3 is 2.45 bits per heavy atom. The molecule has 6 nitrogen and oxygen atoms in total. The van der Waals surface area contributed by atoms with Crippen LogP contribution in [0, 0.1) is 0 Å². The number of carbonyl (C=O) groups is 2. The van der Waals surface area contributed by atoms with Crippen molar-refractivity contribution >= 4 is 11.8 Å². The van der Waals surface area contributed by atoms with Crippen LogP contribution in [0.25, 0.3) is 0 Å². The van der Waals surface area contributed by atoms with Crippen LogP contribution >= 0.6 is 0 Å². The SMILES string of the molecule is COc1ccccc1C(CNC(=O)C1CCCN1C(=O)c1ccccc1)N1CCCC1. The van der Waals surface area contributed by atoms with Crippen LogP contribution in [-0.2, 0) is 4.79 Å². The summed E-state index contributed by atoms with van der Waals surface area (Å²) in [6.45, 7) is 3.15. The van der Waals surface area contributed by atoms with Crippen LogP contribution in [0.3, 0.4) is 0 Å². The van der Waals surface area contributed by atoms with Crippen molar-refractivity contribution in [3.05, 3.63) is 65.7 Å². The molecule has 2 atom stereocenters. The third-order valence-electron chi connectivity index (χ3n) is 6.39. The van der Waals surface area contributed by atoms with Crippen LogP contribution in [0.15, 0.2) is 54.6 Å². The van der Waals surface area contributed by atoms with Gasteiger partial charge in [-0.05, 0) is 57.0 Å². The van der Waals surface area contributed by atoms with Crippen molar-refractivity contribution in [2.45, 2.75) is 37.8 Å². The Balaban J connectivity index is 1.46. The summed E-state index contributed by atoms with van der Waals surface area (Å²) in [5.41, 5.74) is 1.72. The van der Waals surface area contributed by atoms with E-state index in [2.05, 4.69) is 16.3 Å². The van der Waals surface area contributed by atoms with Gasteiger partial charge in [-0.3, -0.25) is 14.5 Å². The van der Waals surface area contributed by atoms with Crippen molar-refractivity contribution < 1.29 is 14.3 Å². The van der Waals surface area contributed by atoms with E-state index in [0.29, 0.717) is 25.1 Å². The number of benzene rings is 2. The first kappa shape index (κ1) is 21.4. The van der Waals surface area contributed by atoms with Crippen molar-refractivity contribution in [2.75, 3.05) is 33.3 Å². The summed E-state index contributed by atoms with van der Waals surface area (Å²) in [6.07, 6.45) is 3.88. The van der Waals surface area contributed by atoms with E-state index in [-0.39, 0.29) is 17.9 Å². The number of carbonyl (C=O) groups excluding carboxylic acids is 2. The molecule has 2 unspecified atom stereocenters. The van der Waals surface area contributed by atoms with Crippen LogP contribution in [0.1, 0.15) is 47.6 Å². The van der Waals surface area contributed by atoms with Gasteiger partial charge in [0.05, 0.1) is 13.2 Å². The molecule has 0 radical (unpaired) electrons. The average molecular weight is 422 g/mol. The number of methoxy groups -OCH3 is 1. The van der Waals surface area contributed by atoms with Gasteiger partial charge < -0.3 is 15.0 Å². The van der Waals surface area contributed by atoms with Gasteiger partial charge in [0.1, 0.15) is 11.8 Å². The lowest BCUT2D eigenvalue weighted by Gasteiger charge is -2.30. The Morgan fingerprint density at radius 1 is 1.00 bits per heavy atom. The molecule has 0 saturated carbocycles. The van der Waals surface area contributed by atoms with Crippen molar-refractivity contribution in [3.8, 4) is 5.75 Å². The maximum atomic E-state index is 13.1. The number of hydrogen-bond acceptors (Lipinski definition) is 4. The minimum Gasteiger partial charge on any atom is -0.496 e. The highest BCUT2D eigenvalue weighted by Crippen LogP contribution is 2.31. The van der Waals surface area contributed by atoms with E-state index in [1.165, 1.54) is 12.8 Å². The Bertz CT molecular complexity index is 896. The quantitative estimate of drug-likeness (QED) is 0.746. The monoisotopic (exact) mass is 421 g/mol. The highest BCUT2D eigenvalue weighted by atomic mass is 16.5. The average Bonchev–Trinajstić information content (AvgIpc) is 3.52. The minimum absolute atomic E-state index is 0.0577. The fourth-order valence-corrected chi connectivity index (χ4v) is 4.77. The van der Waals surface area contributed by atoms with Crippen LogP contribution < -0.4 is 10.1 Å². The van der Waals surface area contributed by atoms with Crippen molar-refractivity contribution in [1.29, 1.82) is 0 Å². The van der Waals surface area contributed by atoms with Gasteiger partial charge in [0.15, 0.2) is 0 Å². The predicted octanol–water partition coefficient (Wildman–Crippen LogP) is 3.25. The summed E-state index contributed by atoms with van der Waals surface area (Å²) >= 11 is 0. The van der Waals surface area contributed by atoms with Gasteiger partial charge in [-0.2, -0.15) is 0 Å². The summed E-state index contributed by atoms with van der Waals surface area (Å²) in [7, 11) is 1.68. The molecule has 2 saturated heterocycles. The van der Waals surface area contributed by atoms with Gasteiger partial charge in [0.2, 0.25) is 5.91 Å². The fraction of sp³-hybridized carbons (Fsp3) is 0.440. The number of hydrogen-bond donors (Lipinski definition) is 1. The van der Waals surface area contributed by atoms with E-state index in [1.807, 2.05) is 36.4 Å². The number of nitrogens with one attached hydrogen (secondary N) is 1. The molecule has 2 aromatic carbocycles. The molecular formula is C25H31N3O3. The number of nitrogens with zero attached hydrogens (tertiary/aromatic N) is 2. The molecule has 31 heavy (non-hydrogen) atoms. The number of rotatable bonds is 7. The van der Waals surface area contributed by atoms with Crippen LogP contribution in [0.4, 0.5) is 0 Å². The molecule has 2 aliphatic rings. The van der Waals surface area contributed by atoms with Crippen LogP contribution in [0.2, 0.25) is 0 Å². The zero-order chi connectivity index (χ0) is 21.6. The number of amides is 2. The van der Waals surface area contributed by atoms with Crippen molar-refractivity contribution in [3.63, 3.8) is 0 Å². The van der Waals surface area contributed by atoms with Crippen molar-refractivity contribution in [1.82, 2.24) is 15.1 Å². The summed E-state index contributed by atoms with van der Waals surface area (Å²) in [4.78, 5) is 30.2. The molecular weight excluding hydrogens is 390 g/mol. The zero-order valence-electron chi connectivity index (χ0n) is 18.1. The van der Waals surface area contributed by atoms with Crippen LogP contribution in [0.5, 0.6) is 5.75 Å². The number of para-hydroxylation sites is 1. The van der Waals surface area contributed by atoms with Gasteiger partial charge >= 0.3 is 0 Å². The largest absolute Gasteiger partial charge is 0.496 e. The van der Waals surface area contributed by atoms with E-state index in [1.54, 1.807) is 24.1 Å². The molecule has 2 amide bonds. The molecule has 2 heterocycles. The highest BCUT2D eigenvalue weighted by Gasteiger charge is 2.35. The molecule has 0 aromatic heterocycles. The first-order valence-corrected chi connectivity index (χ1v) is 11.2. The molecule has 0 bridgehead atoms. The lowest BCUT2D eigenvalue weighted by molar-refractivity contribution is -0.125. The smallest absolute Gasteiger partial charge is 0.254 e. The van der Waals surface area contributed by atoms with Crippen molar-refractivity contribution in [2.24, 2.45) is 0 Å². The van der Waals surface area contributed by atoms with E-state index < -0.39 is 6.04 Å². The Labute approximate surface area is 184 Å². The molecule has 0 aliphatic carbocycles. The molecule has 6 heteroatoms. The lowest BCUT2D eigenvalue weighted by atomic mass is 10.0.